The van der Waals surface area contributed by atoms with Crippen molar-refractivity contribution >= 4 is 11.3 Å². The highest BCUT2D eigenvalue weighted by Gasteiger charge is 2.15. The summed E-state index contributed by atoms with van der Waals surface area (Å²) in [5.41, 5.74) is 4.31. The number of fused-ring (bicyclic) bond motifs is 1. The van der Waals surface area contributed by atoms with Gasteiger partial charge in [0.25, 0.3) is 0 Å². The van der Waals surface area contributed by atoms with Crippen molar-refractivity contribution in [3.63, 3.8) is 0 Å². The molecule has 31 heavy (non-hydrogen) atoms. The second-order valence-corrected chi connectivity index (χ2v) is 7.91. The maximum atomic E-state index is 5.87. The van der Waals surface area contributed by atoms with E-state index in [0.717, 1.165) is 75.0 Å². The number of morpholine rings is 1. The third-order valence-corrected chi connectivity index (χ3v) is 5.89. The minimum Gasteiger partial charge on any atom is -0.491 e. The Bertz CT molecular complexity index is 976. The fourth-order valence-corrected chi connectivity index (χ4v) is 4.13. The van der Waals surface area contributed by atoms with E-state index in [1.165, 1.54) is 5.69 Å². The van der Waals surface area contributed by atoms with Crippen molar-refractivity contribution in [2.75, 3.05) is 57.6 Å². The lowest BCUT2D eigenvalue weighted by atomic mass is 10.1. The zero-order chi connectivity index (χ0) is 20.9. The van der Waals surface area contributed by atoms with E-state index in [2.05, 4.69) is 44.7 Å². The number of anilines is 1. The molecule has 4 heterocycles. The molecule has 5 rings (SSSR count). The molecular weight excluding hydrogens is 394 g/mol. The molecule has 2 aliphatic heterocycles. The van der Waals surface area contributed by atoms with Crippen LogP contribution in [0, 0.1) is 0 Å². The van der Waals surface area contributed by atoms with Gasteiger partial charge < -0.3 is 23.8 Å². The molecule has 164 valence electrons. The highest BCUT2D eigenvalue weighted by molar-refractivity contribution is 5.66. The van der Waals surface area contributed by atoms with Gasteiger partial charge in [-0.1, -0.05) is 0 Å². The van der Waals surface area contributed by atoms with Crippen molar-refractivity contribution in [1.82, 2.24) is 9.38 Å². The summed E-state index contributed by atoms with van der Waals surface area (Å²) in [6.45, 7) is 6.13. The normalized spacial score (nSPS) is 17.9. The standard InChI is InChI=1S/C24H29N3O4/c1-4-21(30-15-16-31-22-7-11-28-12-8-22)5-2-19(1)23-17-25-24-6-3-20(18-27(23)24)26-9-13-29-14-10-26/h1-6,17-18,22H,7-16H2. The van der Waals surface area contributed by atoms with Gasteiger partial charge in [0.2, 0.25) is 0 Å². The number of nitrogens with zero attached hydrogens (tertiary/aromatic N) is 3. The monoisotopic (exact) mass is 423 g/mol. The smallest absolute Gasteiger partial charge is 0.137 e. The zero-order valence-corrected chi connectivity index (χ0v) is 17.7. The van der Waals surface area contributed by atoms with Gasteiger partial charge in [-0.25, -0.2) is 4.98 Å². The highest BCUT2D eigenvalue weighted by atomic mass is 16.5. The molecule has 2 aromatic heterocycles. The molecule has 2 aliphatic rings. The van der Waals surface area contributed by atoms with Gasteiger partial charge in [0.1, 0.15) is 18.0 Å². The van der Waals surface area contributed by atoms with Crippen LogP contribution in [-0.2, 0) is 14.2 Å². The lowest BCUT2D eigenvalue weighted by molar-refractivity contribution is -0.0388. The third kappa shape index (κ3) is 4.84. The Labute approximate surface area is 182 Å². The molecule has 0 aliphatic carbocycles. The molecule has 0 saturated carbocycles. The van der Waals surface area contributed by atoms with Gasteiger partial charge in [0, 0.05) is 38.1 Å². The van der Waals surface area contributed by atoms with E-state index in [1.807, 2.05) is 18.3 Å². The van der Waals surface area contributed by atoms with Crippen molar-refractivity contribution in [2.24, 2.45) is 0 Å². The van der Waals surface area contributed by atoms with Crippen LogP contribution in [0.25, 0.3) is 16.9 Å². The van der Waals surface area contributed by atoms with Crippen molar-refractivity contribution in [1.29, 1.82) is 0 Å². The minimum absolute atomic E-state index is 0.303. The minimum atomic E-state index is 0.303. The van der Waals surface area contributed by atoms with Crippen molar-refractivity contribution in [3.8, 4) is 17.0 Å². The molecule has 0 bridgehead atoms. The van der Waals surface area contributed by atoms with Crippen LogP contribution in [-0.4, -0.2) is 68.2 Å². The van der Waals surface area contributed by atoms with Crippen LogP contribution in [0.4, 0.5) is 5.69 Å². The van der Waals surface area contributed by atoms with E-state index in [-0.39, 0.29) is 0 Å². The second-order valence-electron chi connectivity index (χ2n) is 7.91. The average Bonchev–Trinajstić information content (AvgIpc) is 3.27. The van der Waals surface area contributed by atoms with Crippen LogP contribution in [0.15, 0.2) is 48.8 Å². The molecule has 7 heteroatoms. The molecule has 0 atom stereocenters. The van der Waals surface area contributed by atoms with Crippen molar-refractivity contribution < 1.29 is 18.9 Å². The first-order chi connectivity index (χ1) is 15.4. The Hall–Kier alpha value is -2.61. The molecule has 0 spiro atoms. The van der Waals surface area contributed by atoms with E-state index in [0.29, 0.717) is 19.3 Å². The van der Waals surface area contributed by atoms with E-state index >= 15 is 0 Å². The van der Waals surface area contributed by atoms with Gasteiger partial charge >= 0.3 is 0 Å². The SMILES string of the molecule is c1cc(-c2cnc3ccc(N4CCOCC4)cn23)ccc1OCCOC1CCOCC1. The number of aromatic nitrogens is 2. The Morgan fingerprint density at radius 3 is 2.48 bits per heavy atom. The highest BCUT2D eigenvalue weighted by Crippen LogP contribution is 2.26. The summed E-state index contributed by atoms with van der Waals surface area (Å²) in [7, 11) is 0. The average molecular weight is 424 g/mol. The summed E-state index contributed by atoms with van der Waals surface area (Å²) in [5, 5.41) is 0. The zero-order valence-electron chi connectivity index (χ0n) is 17.7. The molecule has 0 N–H and O–H groups in total. The summed E-state index contributed by atoms with van der Waals surface area (Å²) in [6.07, 6.45) is 6.34. The topological polar surface area (TPSA) is 57.5 Å². The van der Waals surface area contributed by atoms with Crippen LogP contribution in [0.3, 0.4) is 0 Å². The Balaban J connectivity index is 1.22. The fourth-order valence-electron chi connectivity index (χ4n) is 4.13. The molecule has 3 aromatic rings. The van der Waals surface area contributed by atoms with Crippen LogP contribution in [0.2, 0.25) is 0 Å². The predicted molar refractivity (Wildman–Crippen MR) is 119 cm³/mol. The number of rotatable bonds is 7. The molecule has 0 radical (unpaired) electrons. The van der Waals surface area contributed by atoms with Gasteiger partial charge in [-0.15, -0.1) is 0 Å². The third-order valence-electron chi connectivity index (χ3n) is 5.89. The first-order valence-electron chi connectivity index (χ1n) is 11.1. The number of benzene rings is 1. The molecule has 0 unspecified atom stereocenters. The Kier molecular flexibility index (Phi) is 6.34. The largest absolute Gasteiger partial charge is 0.491 e. The molecule has 2 fully saturated rings. The van der Waals surface area contributed by atoms with Gasteiger partial charge in [0.15, 0.2) is 0 Å². The van der Waals surface area contributed by atoms with E-state index in [9.17, 15) is 0 Å². The summed E-state index contributed by atoms with van der Waals surface area (Å²) in [4.78, 5) is 6.93. The number of pyridine rings is 1. The number of hydrogen-bond acceptors (Lipinski definition) is 6. The Morgan fingerprint density at radius 2 is 1.68 bits per heavy atom. The number of ether oxygens (including phenoxy) is 4. The van der Waals surface area contributed by atoms with Gasteiger partial charge in [0.05, 0.1) is 43.5 Å². The Morgan fingerprint density at radius 1 is 0.903 bits per heavy atom. The lowest BCUT2D eigenvalue weighted by Gasteiger charge is -2.28. The summed E-state index contributed by atoms with van der Waals surface area (Å²) < 4.78 is 24.7. The molecule has 7 nitrogen and oxygen atoms in total. The lowest BCUT2D eigenvalue weighted by Crippen LogP contribution is -2.36. The number of hydrogen-bond donors (Lipinski definition) is 0. The quantitative estimate of drug-likeness (QED) is 0.543. The second kappa shape index (κ2) is 9.68. The fraction of sp³-hybridized carbons (Fsp3) is 0.458. The number of imidazole rings is 1. The van der Waals surface area contributed by atoms with Gasteiger partial charge in [-0.3, -0.25) is 4.40 Å². The van der Waals surface area contributed by atoms with Gasteiger partial charge in [-0.05, 0) is 49.2 Å². The summed E-state index contributed by atoms with van der Waals surface area (Å²) in [5.74, 6) is 0.849. The molecule has 1 aromatic carbocycles. The van der Waals surface area contributed by atoms with E-state index in [1.54, 1.807) is 0 Å². The summed E-state index contributed by atoms with van der Waals surface area (Å²) in [6, 6.07) is 12.4. The van der Waals surface area contributed by atoms with E-state index < -0.39 is 0 Å². The van der Waals surface area contributed by atoms with Crippen LogP contribution in [0.1, 0.15) is 12.8 Å². The molecule has 0 amide bonds. The maximum Gasteiger partial charge on any atom is 0.137 e. The first kappa shape index (κ1) is 20.3. The van der Waals surface area contributed by atoms with Crippen molar-refractivity contribution in [2.45, 2.75) is 18.9 Å². The van der Waals surface area contributed by atoms with Crippen LogP contribution in [0.5, 0.6) is 5.75 Å². The summed E-state index contributed by atoms with van der Waals surface area (Å²) >= 11 is 0. The van der Waals surface area contributed by atoms with Crippen molar-refractivity contribution in [3.05, 3.63) is 48.8 Å². The maximum absolute atomic E-state index is 5.87. The van der Waals surface area contributed by atoms with Crippen LogP contribution >= 0.6 is 0 Å². The predicted octanol–water partition coefficient (Wildman–Crippen LogP) is 3.41. The first-order valence-corrected chi connectivity index (χ1v) is 11.1. The van der Waals surface area contributed by atoms with E-state index in [4.69, 9.17) is 18.9 Å². The molecular formula is C24H29N3O4. The van der Waals surface area contributed by atoms with Gasteiger partial charge in [-0.2, -0.15) is 0 Å². The molecule has 2 saturated heterocycles. The van der Waals surface area contributed by atoms with Crippen LogP contribution < -0.4 is 9.64 Å².